The van der Waals surface area contributed by atoms with E-state index in [1.54, 1.807) is 0 Å². The maximum absolute atomic E-state index is 3.72. The summed E-state index contributed by atoms with van der Waals surface area (Å²) >= 11 is 0. The molecule has 0 aliphatic carbocycles. The molecule has 3 rings (SSSR count). The molecule has 21 heavy (non-hydrogen) atoms. The fraction of sp³-hybridized carbons (Fsp3) is 1.00. The molecule has 2 unspecified atom stereocenters. The zero-order valence-corrected chi connectivity index (χ0v) is 14.4. The smallest absolute Gasteiger partial charge is 0.0113 e. The standard InChI is InChI=1S/C18H35N3/c1-4-19-15-12-16-6-5-7-17(13-15)21(16)14-18(2)8-10-20(3)11-9-18/h15-17,19H,4-14H2,1-3H3. The highest BCUT2D eigenvalue weighted by Gasteiger charge is 2.41. The van der Waals surface area contributed by atoms with Gasteiger partial charge in [0, 0.05) is 24.7 Å². The summed E-state index contributed by atoms with van der Waals surface area (Å²) in [6, 6.07) is 2.50. The topological polar surface area (TPSA) is 18.5 Å². The first kappa shape index (κ1) is 15.8. The second kappa shape index (κ2) is 6.55. The lowest BCUT2D eigenvalue weighted by molar-refractivity contribution is -0.0204. The van der Waals surface area contributed by atoms with E-state index < -0.39 is 0 Å². The van der Waals surface area contributed by atoms with Crippen LogP contribution in [-0.2, 0) is 0 Å². The zero-order chi connectivity index (χ0) is 14.9. The van der Waals surface area contributed by atoms with Gasteiger partial charge in [-0.15, -0.1) is 0 Å². The molecule has 3 aliphatic rings. The lowest BCUT2D eigenvalue weighted by Crippen LogP contribution is -2.59. The highest BCUT2D eigenvalue weighted by atomic mass is 15.2. The first-order valence-electron chi connectivity index (χ1n) is 9.27. The third kappa shape index (κ3) is 3.62. The van der Waals surface area contributed by atoms with E-state index in [4.69, 9.17) is 0 Å². The van der Waals surface area contributed by atoms with Gasteiger partial charge in [0.05, 0.1) is 0 Å². The van der Waals surface area contributed by atoms with Crippen molar-refractivity contribution in [1.29, 1.82) is 0 Å². The van der Waals surface area contributed by atoms with E-state index in [2.05, 4.69) is 36.0 Å². The van der Waals surface area contributed by atoms with Crippen LogP contribution in [0, 0.1) is 5.41 Å². The van der Waals surface area contributed by atoms with Crippen molar-refractivity contribution >= 4 is 0 Å². The van der Waals surface area contributed by atoms with Crippen molar-refractivity contribution in [3.8, 4) is 0 Å². The third-order valence-corrected chi connectivity index (χ3v) is 6.38. The van der Waals surface area contributed by atoms with Gasteiger partial charge >= 0.3 is 0 Å². The van der Waals surface area contributed by atoms with Crippen molar-refractivity contribution in [2.75, 3.05) is 33.2 Å². The molecule has 2 bridgehead atoms. The molecule has 3 heterocycles. The zero-order valence-electron chi connectivity index (χ0n) is 14.4. The van der Waals surface area contributed by atoms with Crippen molar-refractivity contribution in [2.24, 2.45) is 5.41 Å². The van der Waals surface area contributed by atoms with Gasteiger partial charge in [-0.1, -0.05) is 20.3 Å². The Bertz CT molecular complexity index is 321. The molecule has 0 radical (unpaired) electrons. The molecule has 0 aromatic rings. The molecule has 3 nitrogen and oxygen atoms in total. The molecule has 3 aliphatic heterocycles. The molecular weight excluding hydrogens is 258 g/mol. The number of piperidine rings is 3. The van der Waals surface area contributed by atoms with Gasteiger partial charge in [-0.3, -0.25) is 4.90 Å². The normalized spacial score (nSPS) is 37.6. The van der Waals surface area contributed by atoms with Crippen molar-refractivity contribution in [3.05, 3.63) is 0 Å². The quantitative estimate of drug-likeness (QED) is 0.860. The molecule has 0 aromatic heterocycles. The van der Waals surface area contributed by atoms with E-state index in [0.717, 1.165) is 24.7 Å². The summed E-state index contributed by atoms with van der Waals surface area (Å²) in [6.45, 7) is 9.87. The Morgan fingerprint density at radius 1 is 1.10 bits per heavy atom. The lowest BCUT2D eigenvalue weighted by Gasteiger charge is -2.53. The molecule has 122 valence electrons. The number of fused-ring (bicyclic) bond motifs is 2. The van der Waals surface area contributed by atoms with Crippen molar-refractivity contribution in [3.63, 3.8) is 0 Å². The van der Waals surface area contributed by atoms with E-state index in [0.29, 0.717) is 5.41 Å². The Labute approximate surface area is 131 Å². The van der Waals surface area contributed by atoms with Gasteiger partial charge in [0.25, 0.3) is 0 Å². The van der Waals surface area contributed by atoms with Gasteiger partial charge in [-0.25, -0.2) is 0 Å². The van der Waals surface area contributed by atoms with Gasteiger partial charge in [-0.05, 0) is 70.6 Å². The molecule has 3 fully saturated rings. The molecule has 3 heteroatoms. The molecule has 3 saturated heterocycles. The minimum atomic E-state index is 0.561. The van der Waals surface area contributed by atoms with Crippen LogP contribution in [0.1, 0.15) is 58.8 Å². The van der Waals surface area contributed by atoms with Crippen LogP contribution < -0.4 is 5.32 Å². The monoisotopic (exact) mass is 293 g/mol. The van der Waals surface area contributed by atoms with E-state index >= 15 is 0 Å². The average molecular weight is 293 g/mol. The minimum absolute atomic E-state index is 0.561. The van der Waals surface area contributed by atoms with Crippen LogP contribution in [0.4, 0.5) is 0 Å². The lowest BCUT2D eigenvalue weighted by atomic mass is 9.75. The summed E-state index contributed by atoms with van der Waals surface area (Å²) in [5, 5.41) is 3.72. The van der Waals surface area contributed by atoms with Crippen molar-refractivity contribution < 1.29 is 0 Å². The summed E-state index contributed by atoms with van der Waals surface area (Å²) in [5.41, 5.74) is 0.561. The van der Waals surface area contributed by atoms with E-state index in [1.807, 2.05) is 0 Å². The number of likely N-dealkylation sites (tertiary alicyclic amines) is 1. The minimum Gasteiger partial charge on any atom is -0.314 e. The van der Waals surface area contributed by atoms with Crippen LogP contribution in [0.15, 0.2) is 0 Å². The summed E-state index contributed by atoms with van der Waals surface area (Å²) in [5.74, 6) is 0. The van der Waals surface area contributed by atoms with Gasteiger partial charge in [0.2, 0.25) is 0 Å². The predicted octanol–water partition coefficient (Wildman–Crippen LogP) is 2.71. The summed E-state index contributed by atoms with van der Waals surface area (Å²) < 4.78 is 0. The highest BCUT2D eigenvalue weighted by molar-refractivity contribution is 4.97. The van der Waals surface area contributed by atoms with E-state index in [9.17, 15) is 0 Å². The maximum Gasteiger partial charge on any atom is 0.0113 e. The average Bonchev–Trinajstić information content (AvgIpc) is 2.44. The van der Waals surface area contributed by atoms with Crippen LogP contribution in [-0.4, -0.2) is 61.2 Å². The van der Waals surface area contributed by atoms with Gasteiger partial charge < -0.3 is 10.2 Å². The van der Waals surface area contributed by atoms with Crippen molar-refractivity contribution in [1.82, 2.24) is 15.1 Å². The maximum atomic E-state index is 3.72. The molecule has 0 amide bonds. The predicted molar refractivity (Wildman–Crippen MR) is 89.7 cm³/mol. The highest BCUT2D eigenvalue weighted by Crippen LogP contribution is 2.39. The summed E-state index contributed by atoms with van der Waals surface area (Å²) in [7, 11) is 2.27. The molecule has 0 spiro atoms. The number of nitrogens with zero attached hydrogens (tertiary/aromatic N) is 2. The van der Waals surface area contributed by atoms with Gasteiger partial charge in [-0.2, -0.15) is 0 Å². The molecular formula is C18H35N3. The Morgan fingerprint density at radius 3 is 2.29 bits per heavy atom. The van der Waals surface area contributed by atoms with Gasteiger partial charge in [0.1, 0.15) is 0 Å². The van der Waals surface area contributed by atoms with Crippen LogP contribution >= 0.6 is 0 Å². The first-order chi connectivity index (χ1) is 10.1. The van der Waals surface area contributed by atoms with Crippen LogP contribution in [0.5, 0.6) is 0 Å². The Hall–Kier alpha value is -0.120. The number of hydrogen-bond donors (Lipinski definition) is 1. The van der Waals surface area contributed by atoms with Gasteiger partial charge in [0.15, 0.2) is 0 Å². The molecule has 0 saturated carbocycles. The molecule has 1 N–H and O–H groups in total. The number of rotatable bonds is 4. The van der Waals surface area contributed by atoms with E-state index in [-0.39, 0.29) is 0 Å². The van der Waals surface area contributed by atoms with Crippen molar-refractivity contribution in [2.45, 2.75) is 76.9 Å². The van der Waals surface area contributed by atoms with Crippen LogP contribution in [0.3, 0.4) is 0 Å². The van der Waals surface area contributed by atoms with Crippen LogP contribution in [0.2, 0.25) is 0 Å². The molecule has 2 atom stereocenters. The third-order valence-electron chi connectivity index (χ3n) is 6.38. The Balaban J connectivity index is 1.62. The van der Waals surface area contributed by atoms with Crippen LogP contribution in [0.25, 0.3) is 0 Å². The molecule has 0 aromatic carbocycles. The second-order valence-corrected chi connectivity index (χ2v) is 8.25. The second-order valence-electron chi connectivity index (χ2n) is 8.25. The largest absolute Gasteiger partial charge is 0.314 e. The first-order valence-corrected chi connectivity index (χ1v) is 9.27. The Morgan fingerprint density at radius 2 is 1.71 bits per heavy atom. The number of hydrogen-bond acceptors (Lipinski definition) is 3. The summed E-state index contributed by atoms with van der Waals surface area (Å²) in [6.07, 6.45) is 9.89. The van der Waals surface area contributed by atoms with E-state index in [1.165, 1.54) is 64.6 Å². The SMILES string of the molecule is CCNC1CC2CCCC(C1)N2CC1(C)CCN(C)CC1. The number of nitrogens with one attached hydrogen (secondary N) is 1. The summed E-state index contributed by atoms with van der Waals surface area (Å²) in [4.78, 5) is 5.43. The fourth-order valence-electron chi connectivity index (χ4n) is 4.95. The fourth-order valence-corrected chi connectivity index (χ4v) is 4.95. The Kier molecular flexibility index (Phi) is 4.92.